The van der Waals surface area contributed by atoms with Crippen LogP contribution in [0.25, 0.3) is 0 Å². The molecule has 0 saturated heterocycles. The number of likely N-dealkylation sites (N-methyl/N-ethyl adjacent to an activating group) is 1. The number of hydrogen-bond acceptors (Lipinski definition) is 3. The van der Waals surface area contributed by atoms with Crippen LogP contribution in [-0.4, -0.2) is 36.3 Å². The summed E-state index contributed by atoms with van der Waals surface area (Å²) in [6, 6.07) is 0. The molecular weight excluding hydrogens is 170 g/mol. The number of carbonyl (C=O) groups excluding carboxylic acids is 1. The van der Waals surface area contributed by atoms with Gasteiger partial charge in [-0.05, 0) is 6.42 Å². The van der Waals surface area contributed by atoms with E-state index in [1.807, 2.05) is 0 Å². The molecule has 1 atom stereocenters. The molecule has 4 heteroatoms. The van der Waals surface area contributed by atoms with E-state index in [0.29, 0.717) is 6.42 Å². The van der Waals surface area contributed by atoms with Crippen LogP contribution in [0.3, 0.4) is 0 Å². The summed E-state index contributed by atoms with van der Waals surface area (Å²) >= 11 is 0. The lowest BCUT2D eigenvalue weighted by molar-refractivity contribution is -0.162. The molecule has 1 N–H and O–H groups in total. The van der Waals surface area contributed by atoms with Gasteiger partial charge in [-0.3, -0.25) is 9.63 Å². The smallest absolute Gasteiger partial charge is 0.269 e. The lowest BCUT2D eigenvalue weighted by Crippen LogP contribution is -2.23. The van der Waals surface area contributed by atoms with Crippen molar-refractivity contribution in [2.75, 3.05) is 14.2 Å². The predicted octanol–water partition coefficient (Wildman–Crippen LogP) is 0.499. The molecule has 0 radical (unpaired) electrons. The molecule has 1 amide bonds. The minimum absolute atomic E-state index is 0.265. The Kier molecular flexibility index (Phi) is 5.84. The van der Waals surface area contributed by atoms with Crippen molar-refractivity contribution in [1.82, 2.24) is 5.06 Å². The van der Waals surface area contributed by atoms with E-state index in [4.69, 9.17) is 5.11 Å². The zero-order chi connectivity index (χ0) is 10.3. The Bertz CT molecular complexity index is 201. The van der Waals surface area contributed by atoms with Crippen molar-refractivity contribution in [1.29, 1.82) is 0 Å². The minimum atomic E-state index is -0.600. The molecule has 0 heterocycles. The molecule has 74 valence electrons. The van der Waals surface area contributed by atoms with E-state index in [2.05, 4.69) is 11.4 Å². The average molecular weight is 185 g/mol. The Morgan fingerprint density at radius 1 is 1.77 bits per heavy atom. The molecule has 13 heavy (non-hydrogen) atoms. The molecule has 0 saturated carbocycles. The van der Waals surface area contributed by atoms with E-state index in [0.717, 1.165) is 5.06 Å². The van der Waals surface area contributed by atoms with E-state index in [1.165, 1.54) is 26.3 Å². The Morgan fingerprint density at radius 2 is 2.38 bits per heavy atom. The van der Waals surface area contributed by atoms with Crippen LogP contribution in [0, 0.1) is 0 Å². The molecule has 0 unspecified atom stereocenters. The second kappa shape index (κ2) is 6.39. The van der Waals surface area contributed by atoms with Crippen LogP contribution < -0.4 is 0 Å². The van der Waals surface area contributed by atoms with Gasteiger partial charge in [0.2, 0.25) is 0 Å². The molecule has 0 fully saturated rings. The quantitative estimate of drug-likeness (QED) is 0.385. The number of amides is 1. The topological polar surface area (TPSA) is 49.8 Å². The van der Waals surface area contributed by atoms with Gasteiger partial charge in [-0.15, -0.1) is 6.58 Å². The summed E-state index contributed by atoms with van der Waals surface area (Å²) in [5.74, 6) is -0.265. The Hall–Kier alpha value is -1.13. The summed E-state index contributed by atoms with van der Waals surface area (Å²) in [5, 5.41) is 10.1. The molecule has 0 aliphatic heterocycles. The summed E-state index contributed by atoms with van der Waals surface area (Å²) in [6.07, 6.45) is 4.11. The van der Waals surface area contributed by atoms with Crippen molar-refractivity contribution in [2.24, 2.45) is 0 Å². The first-order valence-corrected chi connectivity index (χ1v) is 3.90. The van der Waals surface area contributed by atoms with Gasteiger partial charge in [0.15, 0.2) is 0 Å². The van der Waals surface area contributed by atoms with Crippen LogP contribution in [0.15, 0.2) is 24.8 Å². The largest absolute Gasteiger partial charge is 0.389 e. The molecule has 0 aliphatic rings. The molecule has 0 spiro atoms. The van der Waals surface area contributed by atoms with E-state index in [1.54, 1.807) is 6.08 Å². The maximum Gasteiger partial charge on any atom is 0.269 e. The number of hydrogen-bond donors (Lipinski definition) is 1. The first kappa shape index (κ1) is 11.9. The summed E-state index contributed by atoms with van der Waals surface area (Å²) in [4.78, 5) is 15.7. The third-order valence-corrected chi connectivity index (χ3v) is 1.49. The third-order valence-electron chi connectivity index (χ3n) is 1.49. The fourth-order valence-electron chi connectivity index (χ4n) is 0.599. The normalized spacial score (nSPS) is 12.8. The van der Waals surface area contributed by atoms with E-state index in [9.17, 15) is 4.79 Å². The highest BCUT2D eigenvalue weighted by atomic mass is 16.7. The van der Waals surface area contributed by atoms with Gasteiger partial charge < -0.3 is 5.11 Å². The Morgan fingerprint density at radius 3 is 2.85 bits per heavy atom. The standard InChI is InChI=1S/C9H15NO3/c1-4-8(11)6-5-7-9(12)10(2)13-3/h4-5,7-8,11H,1,6H2,2-3H3/b7-5+/t8-/m0/s1. The number of hydroxylamine groups is 2. The lowest BCUT2D eigenvalue weighted by Gasteiger charge is -2.10. The summed E-state index contributed by atoms with van der Waals surface area (Å²) < 4.78 is 0. The Balaban J connectivity index is 3.84. The predicted molar refractivity (Wildman–Crippen MR) is 49.7 cm³/mol. The highest BCUT2D eigenvalue weighted by Gasteiger charge is 2.01. The van der Waals surface area contributed by atoms with Crippen molar-refractivity contribution in [2.45, 2.75) is 12.5 Å². The molecule has 4 nitrogen and oxygen atoms in total. The van der Waals surface area contributed by atoms with Crippen molar-refractivity contribution < 1.29 is 14.7 Å². The molecule has 0 aromatic heterocycles. The van der Waals surface area contributed by atoms with Gasteiger partial charge in [0.25, 0.3) is 5.91 Å². The number of aliphatic hydroxyl groups excluding tert-OH is 1. The molecule has 0 rings (SSSR count). The monoisotopic (exact) mass is 185 g/mol. The SMILES string of the molecule is C=C[C@H](O)C/C=C/C(=O)N(C)OC. The highest BCUT2D eigenvalue weighted by Crippen LogP contribution is 1.95. The fraction of sp³-hybridized carbons (Fsp3) is 0.444. The molecule has 0 bridgehead atoms. The maximum atomic E-state index is 11.1. The number of nitrogens with zero attached hydrogens (tertiary/aromatic N) is 1. The lowest BCUT2D eigenvalue weighted by atomic mass is 10.2. The van der Waals surface area contributed by atoms with Crippen molar-refractivity contribution in [3.63, 3.8) is 0 Å². The van der Waals surface area contributed by atoms with E-state index in [-0.39, 0.29) is 5.91 Å². The van der Waals surface area contributed by atoms with E-state index >= 15 is 0 Å². The second-order valence-electron chi connectivity index (χ2n) is 2.46. The zero-order valence-corrected chi connectivity index (χ0v) is 7.93. The highest BCUT2D eigenvalue weighted by molar-refractivity contribution is 5.86. The van der Waals surface area contributed by atoms with Gasteiger partial charge in [-0.2, -0.15) is 0 Å². The van der Waals surface area contributed by atoms with Crippen LogP contribution in [0.4, 0.5) is 0 Å². The first-order valence-electron chi connectivity index (χ1n) is 3.90. The molecule has 0 aromatic rings. The van der Waals surface area contributed by atoms with E-state index < -0.39 is 6.10 Å². The zero-order valence-electron chi connectivity index (χ0n) is 7.93. The van der Waals surface area contributed by atoms with Crippen LogP contribution in [-0.2, 0) is 9.63 Å². The maximum absolute atomic E-state index is 11.1. The third kappa shape index (κ3) is 5.16. The second-order valence-corrected chi connectivity index (χ2v) is 2.46. The summed E-state index contributed by atoms with van der Waals surface area (Å²) in [7, 11) is 2.92. The number of aliphatic hydroxyl groups is 1. The van der Waals surface area contributed by atoms with Crippen molar-refractivity contribution in [3.05, 3.63) is 24.8 Å². The fourth-order valence-corrected chi connectivity index (χ4v) is 0.599. The average Bonchev–Trinajstić information content (AvgIpc) is 2.15. The molecule has 0 aromatic carbocycles. The van der Waals surface area contributed by atoms with Crippen LogP contribution >= 0.6 is 0 Å². The number of rotatable bonds is 5. The number of carbonyl (C=O) groups is 1. The van der Waals surface area contributed by atoms with Gasteiger partial charge in [0.05, 0.1) is 13.2 Å². The van der Waals surface area contributed by atoms with Crippen LogP contribution in [0.1, 0.15) is 6.42 Å². The van der Waals surface area contributed by atoms with Gasteiger partial charge >= 0.3 is 0 Å². The van der Waals surface area contributed by atoms with Crippen molar-refractivity contribution >= 4 is 5.91 Å². The van der Waals surface area contributed by atoms with Gasteiger partial charge in [0, 0.05) is 13.1 Å². The summed E-state index contributed by atoms with van der Waals surface area (Å²) in [6.45, 7) is 3.41. The van der Waals surface area contributed by atoms with Crippen molar-refractivity contribution in [3.8, 4) is 0 Å². The van der Waals surface area contributed by atoms with Gasteiger partial charge in [0.1, 0.15) is 0 Å². The molecule has 0 aliphatic carbocycles. The first-order chi connectivity index (χ1) is 6.11. The van der Waals surface area contributed by atoms with Crippen LogP contribution in [0.2, 0.25) is 0 Å². The van der Waals surface area contributed by atoms with Gasteiger partial charge in [-0.1, -0.05) is 12.2 Å². The minimum Gasteiger partial charge on any atom is -0.389 e. The summed E-state index contributed by atoms with van der Waals surface area (Å²) in [5.41, 5.74) is 0. The molecular formula is C9H15NO3. The Labute approximate surface area is 78.1 Å². The van der Waals surface area contributed by atoms with Crippen LogP contribution in [0.5, 0.6) is 0 Å². The van der Waals surface area contributed by atoms with Gasteiger partial charge in [-0.25, -0.2) is 5.06 Å².